The maximum absolute atomic E-state index is 5.94. The average Bonchev–Trinajstić information content (AvgIpc) is 2.84. The molecule has 0 fully saturated rings. The molecule has 0 aliphatic carbocycles. The highest BCUT2D eigenvalue weighted by atomic mass is 16.5. The molecule has 2 aromatic rings. The summed E-state index contributed by atoms with van der Waals surface area (Å²) in [6.07, 6.45) is 4.78. The van der Waals surface area contributed by atoms with Gasteiger partial charge in [-0.15, -0.1) is 0 Å². The number of ether oxygens (including phenoxy) is 1. The SMILES string of the molecule is CCCn1cncc1COc1ccccc1[C@@H](C)N. The van der Waals surface area contributed by atoms with Gasteiger partial charge in [0, 0.05) is 18.2 Å². The van der Waals surface area contributed by atoms with Gasteiger partial charge in [-0.2, -0.15) is 0 Å². The summed E-state index contributed by atoms with van der Waals surface area (Å²) < 4.78 is 8.01. The minimum absolute atomic E-state index is 0.0308. The van der Waals surface area contributed by atoms with E-state index in [0.717, 1.165) is 30.0 Å². The Morgan fingerprint density at radius 1 is 1.37 bits per heavy atom. The quantitative estimate of drug-likeness (QED) is 0.867. The highest BCUT2D eigenvalue weighted by Crippen LogP contribution is 2.24. The highest BCUT2D eigenvalue weighted by Gasteiger charge is 2.08. The van der Waals surface area contributed by atoms with E-state index < -0.39 is 0 Å². The molecule has 0 aliphatic heterocycles. The minimum atomic E-state index is -0.0308. The Morgan fingerprint density at radius 3 is 2.89 bits per heavy atom. The lowest BCUT2D eigenvalue weighted by Gasteiger charge is -2.14. The van der Waals surface area contributed by atoms with Crippen molar-refractivity contribution in [1.29, 1.82) is 0 Å². The number of hydrogen-bond acceptors (Lipinski definition) is 3. The minimum Gasteiger partial charge on any atom is -0.487 e. The second-order valence-electron chi connectivity index (χ2n) is 4.69. The number of rotatable bonds is 6. The summed E-state index contributed by atoms with van der Waals surface area (Å²) in [5, 5.41) is 0. The standard InChI is InChI=1S/C15H21N3O/c1-3-8-18-11-17-9-13(18)10-19-15-7-5-4-6-14(15)12(2)16/h4-7,9,11-12H,3,8,10,16H2,1-2H3/t12-/m1/s1. The van der Waals surface area contributed by atoms with Crippen molar-refractivity contribution in [2.24, 2.45) is 5.73 Å². The van der Waals surface area contributed by atoms with Crippen molar-refractivity contribution in [1.82, 2.24) is 9.55 Å². The summed E-state index contributed by atoms with van der Waals surface area (Å²) in [7, 11) is 0. The molecule has 102 valence electrons. The van der Waals surface area contributed by atoms with Crippen LogP contribution in [0.2, 0.25) is 0 Å². The predicted molar refractivity (Wildman–Crippen MR) is 75.9 cm³/mol. The maximum Gasteiger partial charge on any atom is 0.130 e. The van der Waals surface area contributed by atoms with Gasteiger partial charge in [0.2, 0.25) is 0 Å². The first kappa shape index (κ1) is 13.6. The molecule has 4 heteroatoms. The van der Waals surface area contributed by atoms with E-state index in [1.165, 1.54) is 0 Å². The molecule has 0 unspecified atom stereocenters. The number of imidazole rings is 1. The molecule has 1 aromatic heterocycles. The molecule has 19 heavy (non-hydrogen) atoms. The lowest BCUT2D eigenvalue weighted by Crippen LogP contribution is -2.09. The molecule has 2 rings (SSSR count). The zero-order chi connectivity index (χ0) is 13.7. The third-order valence-electron chi connectivity index (χ3n) is 3.05. The summed E-state index contributed by atoms with van der Waals surface area (Å²) in [5.74, 6) is 0.849. The third kappa shape index (κ3) is 3.35. The van der Waals surface area contributed by atoms with Crippen LogP contribution in [0.5, 0.6) is 5.75 Å². The molecule has 1 atom stereocenters. The van der Waals surface area contributed by atoms with E-state index in [1.807, 2.05) is 43.7 Å². The zero-order valence-corrected chi connectivity index (χ0v) is 11.5. The second-order valence-corrected chi connectivity index (χ2v) is 4.69. The Kier molecular flexibility index (Phi) is 4.58. The van der Waals surface area contributed by atoms with Crippen LogP contribution in [0.4, 0.5) is 0 Å². The van der Waals surface area contributed by atoms with E-state index in [-0.39, 0.29) is 6.04 Å². The molecule has 0 spiro atoms. The fourth-order valence-electron chi connectivity index (χ4n) is 2.05. The number of hydrogen-bond donors (Lipinski definition) is 1. The Morgan fingerprint density at radius 2 is 2.16 bits per heavy atom. The molecule has 0 bridgehead atoms. The Balaban J connectivity index is 2.08. The van der Waals surface area contributed by atoms with Crippen LogP contribution in [0.3, 0.4) is 0 Å². The smallest absolute Gasteiger partial charge is 0.130 e. The number of nitrogens with two attached hydrogens (primary N) is 1. The second kappa shape index (κ2) is 6.38. The van der Waals surface area contributed by atoms with Crippen molar-refractivity contribution in [3.8, 4) is 5.75 Å². The number of nitrogens with zero attached hydrogens (tertiary/aromatic N) is 2. The van der Waals surface area contributed by atoms with Gasteiger partial charge in [-0.3, -0.25) is 0 Å². The first-order valence-corrected chi connectivity index (χ1v) is 6.68. The van der Waals surface area contributed by atoms with Crippen LogP contribution in [-0.4, -0.2) is 9.55 Å². The lowest BCUT2D eigenvalue weighted by molar-refractivity contribution is 0.290. The van der Waals surface area contributed by atoms with Gasteiger partial charge in [0.15, 0.2) is 0 Å². The first-order chi connectivity index (χ1) is 9.22. The summed E-state index contributed by atoms with van der Waals surface area (Å²) in [6.45, 7) is 5.59. The fourth-order valence-corrected chi connectivity index (χ4v) is 2.05. The van der Waals surface area contributed by atoms with E-state index >= 15 is 0 Å². The maximum atomic E-state index is 5.94. The van der Waals surface area contributed by atoms with Gasteiger partial charge in [-0.05, 0) is 19.4 Å². The molecule has 0 aliphatic rings. The fraction of sp³-hybridized carbons (Fsp3) is 0.400. The van der Waals surface area contributed by atoms with Crippen LogP contribution in [0.25, 0.3) is 0 Å². The Bertz CT molecular complexity index is 520. The van der Waals surface area contributed by atoms with Gasteiger partial charge >= 0.3 is 0 Å². The van der Waals surface area contributed by atoms with Crippen LogP contribution < -0.4 is 10.5 Å². The first-order valence-electron chi connectivity index (χ1n) is 6.68. The summed E-state index contributed by atoms with van der Waals surface area (Å²) in [5.41, 5.74) is 8.06. The van der Waals surface area contributed by atoms with E-state index in [0.29, 0.717) is 6.61 Å². The van der Waals surface area contributed by atoms with Gasteiger partial charge in [0.05, 0.1) is 18.2 Å². The molecule has 0 saturated carbocycles. The number of para-hydroxylation sites is 1. The Labute approximate surface area is 114 Å². The van der Waals surface area contributed by atoms with Gasteiger partial charge in [0.1, 0.15) is 12.4 Å². The van der Waals surface area contributed by atoms with Crippen LogP contribution in [0, 0.1) is 0 Å². The molecule has 0 saturated heterocycles. The van der Waals surface area contributed by atoms with Crippen LogP contribution >= 0.6 is 0 Å². The molecular formula is C15H21N3O. The average molecular weight is 259 g/mol. The predicted octanol–water partition coefficient (Wildman–Crippen LogP) is 2.89. The molecular weight excluding hydrogens is 238 g/mol. The van der Waals surface area contributed by atoms with Crippen molar-refractivity contribution < 1.29 is 4.74 Å². The highest BCUT2D eigenvalue weighted by molar-refractivity contribution is 5.35. The Hall–Kier alpha value is -1.81. The lowest BCUT2D eigenvalue weighted by atomic mass is 10.1. The van der Waals surface area contributed by atoms with E-state index in [9.17, 15) is 0 Å². The van der Waals surface area contributed by atoms with E-state index in [1.54, 1.807) is 0 Å². The molecule has 0 amide bonds. The van der Waals surface area contributed by atoms with Crippen molar-refractivity contribution in [3.63, 3.8) is 0 Å². The molecule has 4 nitrogen and oxygen atoms in total. The molecule has 2 N–H and O–H groups in total. The topological polar surface area (TPSA) is 53.1 Å². The van der Waals surface area contributed by atoms with Gasteiger partial charge in [0.25, 0.3) is 0 Å². The van der Waals surface area contributed by atoms with Gasteiger partial charge in [-0.25, -0.2) is 4.98 Å². The van der Waals surface area contributed by atoms with Crippen LogP contribution in [0.15, 0.2) is 36.8 Å². The van der Waals surface area contributed by atoms with Gasteiger partial charge in [-0.1, -0.05) is 25.1 Å². The molecule has 1 aromatic carbocycles. The number of aryl methyl sites for hydroxylation is 1. The number of benzene rings is 1. The number of aromatic nitrogens is 2. The van der Waals surface area contributed by atoms with Crippen molar-refractivity contribution in [2.75, 3.05) is 0 Å². The molecule has 1 heterocycles. The van der Waals surface area contributed by atoms with Gasteiger partial charge < -0.3 is 15.0 Å². The van der Waals surface area contributed by atoms with Crippen molar-refractivity contribution in [3.05, 3.63) is 48.0 Å². The normalized spacial score (nSPS) is 12.4. The van der Waals surface area contributed by atoms with E-state index in [2.05, 4.69) is 16.5 Å². The summed E-state index contributed by atoms with van der Waals surface area (Å²) >= 11 is 0. The monoisotopic (exact) mass is 259 g/mol. The van der Waals surface area contributed by atoms with Crippen LogP contribution in [-0.2, 0) is 13.2 Å². The molecule has 0 radical (unpaired) electrons. The summed E-state index contributed by atoms with van der Waals surface area (Å²) in [4.78, 5) is 4.17. The summed E-state index contributed by atoms with van der Waals surface area (Å²) in [6, 6.07) is 7.87. The van der Waals surface area contributed by atoms with Crippen molar-refractivity contribution in [2.45, 2.75) is 39.5 Å². The third-order valence-corrected chi connectivity index (χ3v) is 3.05. The van der Waals surface area contributed by atoms with Crippen LogP contribution in [0.1, 0.15) is 37.6 Å². The van der Waals surface area contributed by atoms with E-state index in [4.69, 9.17) is 10.5 Å². The van der Waals surface area contributed by atoms with Crippen molar-refractivity contribution >= 4 is 0 Å². The zero-order valence-electron chi connectivity index (χ0n) is 11.5. The largest absolute Gasteiger partial charge is 0.487 e.